The zero-order valence-electron chi connectivity index (χ0n) is 8.66. The molecule has 0 bridgehead atoms. The Morgan fingerprint density at radius 3 is 3.07 bits per heavy atom. The third-order valence-electron chi connectivity index (χ3n) is 2.42. The molecule has 1 aliphatic rings. The van der Waals surface area contributed by atoms with Crippen LogP contribution in [0.3, 0.4) is 0 Å². The molecule has 0 saturated carbocycles. The molecule has 1 amide bonds. The van der Waals surface area contributed by atoms with Crippen LogP contribution < -0.4 is 0 Å². The van der Waals surface area contributed by atoms with Crippen molar-refractivity contribution in [3.8, 4) is 0 Å². The number of carbonyl (C=O) groups is 1. The Labute approximate surface area is 85.0 Å². The van der Waals surface area contributed by atoms with E-state index in [2.05, 4.69) is 12.3 Å². The molecule has 1 fully saturated rings. The Bertz CT molecular complexity index is 238. The lowest BCUT2D eigenvalue weighted by molar-refractivity contribution is -0.126. The van der Waals surface area contributed by atoms with Crippen LogP contribution >= 0.6 is 0 Å². The maximum atomic E-state index is 11.5. The van der Waals surface area contributed by atoms with E-state index in [0.717, 1.165) is 32.7 Å². The molecule has 1 aliphatic heterocycles. The number of ether oxygens (including phenoxy) is 1. The van der Waals surface area contributed by atoms with Gasteiger partial charge in [-0.05, 0) is 13.3 Å². The van der Waals surface area contributed by atoms with Crippen LogP contribution in [-0.4, -0.2) is 37.1 Å². The molecule has 1 saturated heterocycles. The second kappa shape index (κ2) is 5.63. The average molecular weight is 195 g/mol. The first-order chi connectivity index (χ1) is 6.77. The molecule has 0 spiro atoms. The molecule has 0 aromatic heterocycles. The number of amides is 1. The quantitative estimate of drug-likeness (QED) is 0.498. The SMILES string of the molecule is C=C=CC(=O)N(CC)CC1CCOC1. The monoisotopic (exact) mass is 195 g/mol. The summed E-state index contributed by atoms with van der Waals surface area (Å²) in [5.74, 6) is 0.492. The first kappa shape index (κ1) is 11.0. The van der Waals surface area contributed by atoms with Crippen molar-refractivity contribution in [3.63, 3.8) is 0 Å². The molecule has 14 heavy (non-hydrogen) atoms. The predicted molar refractivity (Wildman–Crippen MR) is 54.9 cm³/mol. The van der Waals surface area contributed by atoms with Crippen molar-refractivity contribution < 1.29 is 9.53 Å². The molecular weight excluding hydrogens is 178 g/mol. The van der Waals surface area contributed by atoms with Gasteiger partial charge in [0.2, 0.25) is 0 Å². The van der Waals surface area contributed by atoms with Crippen molar-refractivity contribution in [2.75, 3.05) is 26.3 Å². The van der Waals surface area contributed by atoms with Gasteiger partial charge >= 0.3 is 0 Å². The summed E-state index contributed by atoms with van der Waals surface area (Å²) in [6.45, 7) is 8.49. The first-order valence-electron chi connectivity index (χ1n) is 5.00. The number of carbonyl (C=O) groups excluding carboxylic acids is 1. The van der Waals surface area contributed by atoms with Gasteiger partial charge in [-0.3, -0.25) is 4.79 Å². The summed E-state index contributed by atoms with van der Waals surface area (Å²) < 4.78 is 5.27. The second-order valence-corrected chi connectivity index (χ2v) is 3.45. The molecule has 0 radical (unpaired) electrons. The van der Waals surface area contributed by atoms with Crippen LogP contribution in [0.4, 0.5) is 0 Å². The maximum Gasteiger partial charge on any atom is 0.254 e. The van der Waals surface area contributed by atoms with Gasteiger partial charge < -0.3 is 9.64 Å². The molecule has 1 unspecified atom stereocenters. The van der Waals surface area contributed by atoms with E-state index >= 15 is 0 Å². The van der Waals surface area contributed by atoms with Crippen molar-refractivity contribution in [2.24, 2.45) is 5.92 Å². The van der Waals surface area contributed by atoms with E-state index in [-0.39, 0.29) is 5.91 Å². The van der Waals surface area contributed by atoms with E-state index in [1.54, 1.807) is 4.90 Å². The summed E-state index contributed by atoms with van der Waals surface area (Å²) in [7, 11) is 0. The molecule has 3 heteroatoms. The van der Waals surface area contributed by atoms with Gasteiger partial charge in [0.15, 0.2) is 0 Å². The fourth-order valence-electron chi connectivity index (χ4n) is 1.59. The van der Waals surface area contributed by atoms with Crippen molar-refractivity contribution in [3.05, 3.63) is 18.4 Å². The summed E-state index contributed by atoms with van der Waals surface area (Å²) >= 11 is 0. The average Bonchev–Trinajstić information content (AvgIpc) is 2.66. The molecule has 0 aliphatic carbocycles. The lowest BCUT2D eigenvalue weighted by atomic mass is 10.1. The van der Waals surface area contributed by atoms with Gasteiger partial charge in [0.1, 0.15) is 0 Å². The summed E-state index contributed by atoms with van der Waals surface area (Å²) in [6.07, 6.45) is 2.45. The van der Waals surface area contributed by atoms with Crippen molar-refractivity contribution >= 4 is 5.91 Å². The van der Waals surface area contributed by atoms with Crippen LogP contribution in [-0.2, 0) is 9.53 Å². The maximum absolute atomic E-state index is 11.5. The van der Waals surface area contributed by atoms with E-state index in [9.17, 15) is 4.79 Å². The Morgan fingerprint density at radius 1 is 1.79 bits per heavy atom. The first-order valence-corrected chi connectivity index (χ1v) is 5.00. The van der Waals surface area contributed by atoms with Crippen LogP contribution in [0.15, 0.2) is 18.4 Å². The highest BCUT2D eigenvalue weighted by atomic mass is 16.5. The number of likely N-dealkylation sites (N-methyl/N-ethyl adjacent to an activating group) is 1. The molecule has 1 atom stereocenters. The number of hydrogen-bond donors (Lipinski definition) is 0. The number of rotatable bonds is 4. The van der Waals surface area contributed by atoms with E-state index in [4.69, 9.17) is 4.74 Å². The minimum atomic E-state index is -0.00519. The molecule has 1 rings (SSSR count). The Hall–Kier alpha value is -1.05. The topological polar surface area (TPSA) is 29.5 Å². The third-order valence-corrected chi connectivity index (χ3v) is 2.42. The zero-order chi connectivity index (χ0) is 10.4. The number of hydrogen-bond acceptors (Lipinski definition) is 2. The summed E-state index contributed by atoms with van der Waals surface area (Å²) in [4.78, 5) is 13.3. The largest absolute Gasteiger partial charge is 0.381 e. The number of nitrogens with zero attached hydrogens (tertiary/aromatic N) is 1. The predicted octanol–water partition coefficient (Wildman–Crippen LogP) is 1.21. The van der Waals surface area contributed by atoms with Gasteiger partial charge in [0.05, 0.1) is 6.61 Å². The zero-order valence-corrected chi connectivity index (χ0v) is 8.66. The highest BCUT2D eigenvalue weighted by Gasteiger charge is 2.20. The fraction of sp³-hybridized carbons (Fsp3) is 0.636. The Kier molecular flexibility index (Phi) is 4.44. The van der Waals surface area contributed by atoms with Crippen molar-refractivity contribution in [1.29, 1.82) is 0 Å². The van der Waals surface area contributed by atoms with Crippen molar-refractivity contribution in [2.45, 2.75) is 13.3 Å². The van der Waals surface area contributed by atoms with Crippen LogP contribution in [0.25, 0.3) is 0 Å². The Morgan fingerprint density at radius 2 is 2.57 bits per heavy atom. The van der Waals surface area contributed by atoms with Gasteiger partial charge in [-0.25, -0.2) is 0 Å². The molecule has 0 aromatic rings. The molecule has 3 nitrogen and oxygen atoms in total. The molecule has 78 valence electrons. The van der Waals surface area contributed by atoms with Crippen LogP contribution in [0.2, 0.25) is 0 Å². The summed E-state index contributed by atoms with van der Waals surface area (Å²) in [6, 6.07) is 0. The van der Waals surface area contributed by atoms with Gasteiger partial charge in [-0.1, -0.05) is 6.58 Å². The standard InChI is InChI=1S/C11H17NO2/c1-3-5-11(13)12(4-2)8-10-6-7-14-9-10/h5,10H,1,4,6-9H2,2H3. The normalized spacial score (nSPS) is 20.2. The third kappa shape index (κ3) is 3.02. The minimum absolute atomic E-state index is 0.00519. The molecule has 0 aromatic carbocycles. The lowest BCUT2D eigenvalue weighted by Crippen LogP contribution is -2.34. The molecule has 1 heterocycles. The van der Waals surface area contributed by atoms with Crippen LogP contribution in [0, 0.1) is 5.92 Å². The summed E-state index contributed by atoms with van der Waals surface area (Å²) in [5.41, 5.74) is 2.51. The highest BCUT2D eigenvalue weighted by Crippen LogP contribution is 2.13. The highest BCUT2D eigenvalue weighted by molar-refractivity contribution is 5.87. The second-order valence-electron chi connectivity index (χ2n) is 3.45. The van der Waals surface area contributed by atoms with E-state index < -0.39 is 0 Å². The summed E-state index contributed by atoms with van der Waals surface area (Å²) in [5, 5.41) is 0. The van der Waals surface area contributed by atoms with Crippen molar-refractivity contribution in [1.82, 2.24) is 4.90 Å². The van der Waals surface area contributed by atoms with Gasteiger partial charge in [0.25, 0.3) is 5.91 Å². The van der Waals surface area contributed by atoms with Gasteiger partial charge in [0, 0.05) is 31.7 Å². The molecule has 0 N–H and O–H groups in total. The fourth-order valence-corrected chi connectivity index (χ4v) is 1.59. The van der Waals surface area contributed by atoms with E-state index in [0.29, 0.717) is 5.92 Å². The van der Waals surface area contributed by atoms with Gasteiger partial charge in [-0.2, -0.15) is 0 Å². The van der Waals surface area contributed by atoms with Gasteiger partial charge in [-0.15, -0.1) is 5.73 Å². The smallest absolute Gasteiger partial charge is 0.254 e. The Balaban J connectivity index is 2.44. The van der Waals surface area contributed by atoms with E-state index in [1.165, 1.54) is 6.08 Å². The molecular formula is C11H17NO2. The minimum Gasteiger partial charge on any atom is -0.381 e. The van der Waals surface area contributed by atoms with Crippen LogP contribution in [0.1, 0.15) is 13.3 Å². The van der Waals surface area contributed by atoms with E-state index in [1.807, 2.05) is 6.92 Å². The lowest BCUT2D eigenvalue weighted by Gasteiger charge is -2.21. The van der Waals surface area contributed by atoms with Crippen LogP contribution in [0.5, 0.6) is 0 Å².